The van der Waals surface area contributed by atoms with Crippen LogP contribution in [0.5, 0.6) is 11.5 Å². The molecule has 1 amide bonds. The number of carbonyl (C=O) groups is 2. The molecule has 0 atom stereocenters. The van der Waals surface area contributed by atoms with Gasteiger partial charge in [0, 0.05) is 31.7 Å². The van der Waals surface area contributed by atoms with E-state index in [1.54, 1.807) is 39.3 Å². The molecule has 0 aliphatic carbocycles. The number of carbonyl (C=O) groups excluding carboxylic acids is 2. The molecule has 2 N–H and O–H groups in total. The van der Waals surface area contributed by atoms with Crippen LogP contribution >= 0.6 is 0 Å². The molecular weight excluding hydrogens is 498 g/mol. The van der Waals surface area contributed by atoms with E-state index in [1.807, 2.05) is 17.0 Å². The van der Waals surface area contributed by atoms with Crippen molar-refractivity contribution in [2.75, 3.05) is 50.7 Å². The van der Waals surface area contributed by atoms with Crippen LogP contribution in [0.1, 0.15) is 38.2 Å². The molecule has 1 aliphatic rings. The lowest BCUT2D eigenvalue weighted by Crippen LogP contribution is -2.29. The standard InChI is InChI=1S/C26H35N3O7S/c1-4-36-26(31)12-11-25(30)28-20-8-9-21(29-15-5-6-16-29)24(18-20)37(32,33)27-14-13-19-7-10-22(34-2)23(17-19)35-3/h7-10,17-18,27H,4-6,11-16H2,1-3H3,(H,28,30). The van der Waals surface area contributed by atoms with Crippen molar-refractivity contribution in [1.82, 2.24) is 4.72 Å². The molecule has 1 aliphatic heterocycles. The van der Waals surface area contributed by atoms with Crippen molar-refractivity contribution in [3.8, 4) is 11.5 Å². The maximum Gasteiger partial charge on any atom is 0.306 e. The molecular formula is C26H35N3O7S. The fourth-order valence-electron chi connectivity index (χ4n) is 4.14. The third kappa shape index (κ3) is 7.83. The van der Waals surface area contributed by atoms with Crippen LogP contribution in [0.2, 0.25) is 0 Å². The van der Waals surface area contributed by atoms with E-state index in [0.717, 1.165) is 31.5 Å². The number of nitrogens with zero attached hydrogens (tertiary/aromatic N) is 1. The van der Waals surface area contributed by atoms with Crippen molar-refractivity contribution >= 4 is 33.3 Å². The van der Waals surface area contributed by atoms with Crippen LogP contribution < -0.4 is 24.4 Å². The van der Waals surface area contributed by atoms with Crippen molar-refractivity contribution in [3.63, 3.8) is 0 Å². The summed E-state index contributed by atoms with van der Waals surface area (Å²) < 4.78 is 44.9. The van der Waals surface area contributed by atoms with Crippen LogP contribution in [0.4, 0.5) is 11.4 Å². The van der Waals surface area contributed by atoms with Crippen LogP contribution in [0, 0.1) is 0 Å². The second-order valence-corrected chi connectivity index (χ2v) is 10.3. The highest BCUT2D eigenvalue weighted by atomic mass is 32.2. The molecule has 1 heterocycles. The smallest absolute Gasteiger partial charge is 0.306 e. The molecule has 3 rings (SSSR count). The number of methoxy groups -OCH3 is 2. The predicted octanol–water partition coefficient (Wildman–Crippen LogP) is 3.11. The van der Waals surface area contributed by atoms with Crippen molar-refractivity contribution in [1.29, 1.82) is 0 Å². The summed E-state index contributed by atoms with van der Waals surface area (Å²) in [6.07, 6.45) is 2.31. The summed E-state index contributed by atoms with van der Waals surface area (Å²) in [5.74, 6) is 0.324. The first-order chi connectivity index (χ1) is 17.8. The molecule has 0 saturated carbocycles. The van der Waals surface area contributed by atoms with Gasteiger partial charge in [0.15, 0.2) is 11.5 Å². The quantitative estimate of drug-likeness (QED) is 0.377. The van der Waals surface area contributed by atoms with Gasteiger partial charge >= 0.3 is 5.97 Å². The van der Waals surface area contributed by atoms with Crippen LogP contribution in [-0.4, -0.2) is 60.8 Å². The van der Waals surface area contributed by atoms with Gasteiger partial charge in [-0.05, 0) is 62.1 Å². The highest BCUT2D eigenvalue weighted by molar-refractivity contribution is 7.89. The summed E-state index contributed by atoms with van der Waals surface area (Å²) in [7, 11) is -0.787. The number of nitrogens with one attached hydrogen (secondary N) is 2. The molecule has 0 aromatic heterocycles. The summed E-state index contributed by atoms with van der Waals surface area (Å²) in [5.41, 5.74) is 1.83. The summed E-state index contributed by atoms with van der Waals surface area (Å²) >= 11 is 0. The number of benzene rings is 2. The number of sulfonamides is 1. The van der Waals surface area contributed by atoms with E-state index in [1.165, 1.54) is 6.07 Å². The zero-order valence-electron chi connectivity index (χ0n) is 21.5. The Morgan fingerprint density at radius 3 is 2.38 bits per heavy atom. The highest BCUT2D eigenvalue weighted by Crippen LogP contribution is 2.31. The maximum atomic E-state index is 13.4. The lowest BCUT2D eigenvalue weighted by molar-refractivity contribution is -0.144. The average Bonchev–Trinajstić information content (AvgIpc) is 3.42. The number of hydrogen-bond donors (Lipinski definition) is 2. The van der Waals surface area contributed by atoms with Gasteiger partial charge in [-0.1, -0.05) is 6.07 Å². The summed E-state index contributed by atoms with van der Waals surface area (Å²) in [4.78, 5) is 26.0. The molecule has 0 radical (unpaired) electrons. The minimum absolute atomic E-state index is 0.0472. The monoisotopic (exact) mass is 533 g/mol. The molecule has 1 fully saturated rings. The number of esters is 1. The minimum atomic E-state index is -3.89. The SMILES string of the molecule is CCOC(=O)CCC(=O)Nc1ccc(N2CCCC2)c(S(=O)(=O)NCCc2ccc(OC)c(OC)c2)c1. The van der Waals surface area contributed by atoms with E-state index in [0.29, 0.717) is 29.3 Å². The van der Waals surface area contributed by atoms with Gasteiger partial charge in [-0.3, -0.25) is 9.59 Å². The van der Waals surface area contributed by atoms with E-state index >= 15 is 0 Å². The summed E-state index contributed by atoms with van der Waals surface area (Å²) in [6.45, 7) is 3.65. The molecule has 0 spiro atoms. The van der Waals surface area contributed by atoms with Crippen LogP contribution in [-0.2, 0) is 30.8 Å². The van der Waals surface area contributed by atoms with Crippen LogP contribution in [0.25, 0.3) is 0 Å². The van der Waals surface area contributed by atoms with Crippen molar-refractivity contribution in [2.45, 2.75) is 43.9 Å². The topological polar surface area (TPSA) is 123 Å². The third-order valence-electron chi connectivity index (χ3n) is 6.00. The van der Waals surface area contributed by atoms with E-state index in [2.05, 4.69) is 10.0 Å². The first kappa shape index (κ1) is 28.3. The summed E-state index contributed by atoms with van der Waals surface area (Å²) in [6, 6.07) is 10.3. The average molecular weight is 534 g/mol. The van der Waals surface area contributed by atoms with Gasteiger partial charge in [0.1, 0.15) is 4.90 Å². The van der Waals surface area contributed by atoms with E-state index in [9.17, 15) is 18.0 Å². The molecule has 202 valence electrons. The lowest BCUT2D eigenvalue weighted by atomic mass is 10.1. The largest absolute Gasteiger partial charge is 0.493 e. The minimum Gasteiger partial charge on any atom is -0.493 e. The number of ether oxygens (including phenoxy) is 3. The van der Waals surface area contributed by atoms with Gasteiger partial charge < -0.3 is 24.4 Å². The Hall–Kier alpha value is -3.31. The van der Waals surface area contributed by atoms with Gasteiger partial charge in [-0.25, -0.2) is 13.1 Å². The van der Waals surface area contributed by atoms with E-state index in [4.69, 9.17) is 14.2 Å². The number of hydrogen-bond acceptors (Lipinski definition) is 8. The Kier molecular flexibility index (Phi) is 10.2. The fraction of sp³-hybridized carbons (Fsp3) is 0.462. The molecule has 1 saturated heterocycles. The molecule has 2 aromatic rings. The van der Waals surface area contributed by atoms with E-state index < -0.39 is 21.9 Å². The Bertz CT molecular complexity index is 1190. The zero-order chi connectivity index (χ0) is 26.8. The van der Waals surface area contributed by atoms with Gasteiger partial charge in [0.05, 0.1) is 32.9 Å². The molecule has 11 heteroatoms. The lowest BCUT2D eigenvalue weighted by Gasteiger charge is -2.22. The fourth-order valence-corrected chi connectivity index (χ4v) is 5.42. The third-order valence-corrected chi connectivity index (χ3v) is 7.49. The van der Waals surface area contributed by atoms with Crippen molar-refractivity contribution in [3.05, 3.63) is 42.0 Å². The molecule has 0 unspecified atom stereocenters. The van der Waals surface area contributed by atoms with E-state index in [-0.39, 0.29) is 30.9 Å². The predicted molar refractivity (Wildman–Crippen MR) is 141 cm³/mol. The second kappa shape index (κ2) is 13.3. The van der Waals surface area contributed by atoms with Gasteiger partial charge in [-0.2, -0.15) is 0 Å². The first-order valence-electron chi connectivity index (χ1n) is 12.3. The molecule has 10 nitrogen and oxygen atoms in total. The number of anilines is 2. The molecule has 37 heavy (non-hydrogen) atoms. The van der Waals surface area contributed by atoms with Gasteiger partial charge in [-0.15, -0.1) is 0 Å². The Labute approximate surface area is 218 Å². The normalized spacial score (nSPS) is 13.3. The van der Waals surface area contributed by atoms with Crippen molar-refractivity contribution < 1.29 is 32.2 Å². The van der Waals surface area contributed by atoms with Crippen LogP contribution in [0.3, 0.4) is 0 Å². The first-order valence-corrected chi connectivity index (χ1v) is 13.8. The molecule has 2 aromatic carbocycles. The Balaban J connectivity index is 1.74. The number of rotatable bonds is 13. The summed E-state index contributed by atoms with van der Waals surface area (Å²) in [5, 5.41) is 2.69. The Morgan fingerprint density at radius 2 is 1.70 bits per heavy atom. The van der Waals surface area contributed by atoms with Crippen molar-refractivity contribution in [2.24, 2.45) is 0 Å². The van der Waals surface area contributed by atoms with Crippen LogP contribution in [0.15, 0.2) is 41.3 Å². The molecule has 0 bridgehead atoms. The zero-order valence-corrected chi connectivity index (χ0v) is 22.4. The highest BCUT2D eigenvalue weighted by Gasteiger charge is 2.24. The van der Waals surface area contributed by atoms with Gasteiger partial charge in [0.25, 0.3) is 0 Å². The Morgan fingerprint density at radius 1 is 0.973 bits per heavy atom. The van der Waals surface area contributed by atoms with Gasteiger partial charge in [0.2, 0.25) is 15.9 Å². The second-order valence-electron chi connectivity index (χ2n) is 8.57. The maximum absolute atomic E-state index is 13.4. The number of amides is 1.